The van der Waals surface area contributed by atoms with Gasteiger partial charge in [0, 0.05) is 5.92 Å². The van der Waals surface area contributed by atoms with E-state index in [0.29, 0.717) is 23.6 Å². The molecule has 2 aromatic rings. The van der Waals surface area contributed by atoms with Gasteiger partial charge in [0.15, 0.2) is 34.7 Å². The van der Waals surface area contributed by atoms with E-state index in [0.717, 1.165) is 5.56 Å². The number of phenolic OH excluding ortho intramolecular Hbond substituents is 1. The number of ketones is 4. The standard InChI is InChI=1S/C29H31N3O8/c1-31-12-40-15-6-4-13(5-7-15)16-8-9-19(33)21-17(16)10-14-11-18-23(32(2)3)25(35)22(28(30)38)27(37)29(18,39)26(36)20(14)24(21)34/h4-9,14,18,20,22-23,31,33,39H,10-12H2,1-3H3,(H2,30,38)/t14-,18-,20?,22?,23-,29-/m0/s1. The molecule has 2 unspecified atom stereocenters. The van der Waals surface area contributed by atoms with Gasteiger partial charge in [-0.05, 0) is 74.8 Å². The summed E-state index contributed by atoms with van der Waals surface area (Å²) in [4.78, 5) is 67.9. The monoisotopic (exact) mass is 549 g/mol. The summed E-state index contributed by atoms with van der Waals surface area (Å²) in [6.45, 7) is 0.326. The Bertz CT molecular complexity index is 1440. The molecule has 0 aliphatic heterocycles. The highest BCUT2D eigenvalue weighted by molar-refractivity contribution is 6.32. The molecule has 40 heavy (non-hydrogen) atoms. The van der Waals surface area contributed by atoms with Gasteiger partial charge in [0.25, 0.3) is 0 Å². The van der Waals surface area contributed by atoms with Gasteiger partial charge in [0.1, 0.15) is 18.2 Å². The summed E-state index contributed by atoms with van der Waals surface area (Å²) in [5.41, 5.74) is 4.55. The van der Waals surface area contributed by atoms with Crippen molar-refractivity contribution in [3.05, 3.63) is 47.5 Å². The number of likely N-dealkylation sites (N-methyl/N-ethyl adjacent to an activating group) is 1. The molecule has 11 nitrogen and oxygen atoms in total. The van der Waals surface area contributed by atoms with Crippen LogP contribution in [0, 0.1) is 23.7 Å². The van der Waals surface area contributed by atoms with Gasteiger partial charge in [-0.1, -0.05) is 18.2 Å². The van der Waals surface area contributed by atoms with Crippen LogP contribution in [0.2, 0.25) is 0 Å². The van der Waals surface area contributed by atoms with Gasteiger partial charge < -0.3 is 20.7 Å². The minimum Gasteiger partial charge on any atom is -0.507 e. The zero-order valence-corrected chi connectivity index (χ0v) is 22.3. The maximum Gasteiger partial charge on any atom is 0.235 e. The molecule has 0 bridgehead atoms. The molecular formula is C29H31N3O8. The predicted octanol–water partition coefficient (Wildman–Crippen LogP) is 0.0897. The number of hydrogen-bond donors (Lipinski definition) is 4. The number of nitrogens with one attached hydrogen (secondary N) is 1. The van der Waals surface area contributed by atoms with E-state index >= 15 is 0 Å². The van der Waals surface area contributed by atoms with Crippen molar-refractivity contribution < 1.29 is 38.9 Å². The molecule has 6 atom stereocenters. The summed E-state index contributed by atoms with van der Waals surface area (Å²) >= 11 is 0. The highest BCUT2D eigenvalue weighted by Crippen LogP contribution is 2.51. The molecule has 2 fully saturated rings. The number of phenols is 1. The molecule has 0 spiro atoms. The first-order valence-electron chi connectivity index (χ1n) is 13.0. The number of carbonyl (C=O) groups excluding carboxylic acids is 5. The van der Waals surface area contributed by atoms with Crippen LogP contribution in [0.5, 0.6) is 11.5 Å². The van der Waals surface area contributed by atoms with E-state index in [2.05, 4.69) is 5.32 Å². The van der Waals surface area contributed by atoms with Crippen LogP contribution < -0.4 is 15.8 Å². The Morgan fingerprint density at radius 1 is 1.10 bits per heavy atom. The van der Waals surface area contributed by atoms with Crippen molar-refractivity contribution >= 4 is 29.0 Å². The molecule has 5 N–H and O–H groups in total. The number of rotatable bonds is 6. The van der Waals surface area contributed by atoms with Crippen LogP contribution in [0.3, 0.4) is 0 Å². The average molecular weight is 550 g/mol. The van der Waals surface area contributed by atoms with Crippen LogP contribution >= 0.6 is 0 Å². The first kappa shape index (κ1) is 27.6. The zero-order chi connectivity index (χ0) is 29.1. The Kier molecular flexibility index (Phi) is 6.85. The minimum atomic E-state index is -2.74. The van der Waals surface area contributed by atoms with Gasteiger partial charge >= 0.3 is 0 Å². The first-order valence-corrected chi connectivity index (χ1v) is 13.0. The molecule has 3 aliphatic rings. The van der Waals surface area contributed by atoms with Crippen molar-refractivity contribution in [3.63, 3.8) is 0 Å². The lowest BCUT2D eigenvalue weighted by Gasteiger charge is -2.52. The molecule has 0 radical (unpaired) electrons. The third kappa shape index (κ3) is 3.95. The highest BCUT2D eigenvalue weighted by Gasteiger charge is 2.69. The number of ether oxygens (including phenoxy) is 1. The molecule has 210 valence electrons. The molecule has 2 saturated carbocycles. The van der Waals surface area contributed by atoms with E-state index in [1.54, 1.807) is 39.3 Å². The van der Waals surface area contributed by atoms with E-state index in [1.165, 1.54) is 11.0 Å². The zero-order valence-electron chi connectivity index (χ0n) is 22.3. The molecule has 1 amide bonds. The van der Waals surface area contributed by atoms with Gasteiger partial charge in [0.2, 0.25) is 5.91 Å². The molecular weight excluding hydrogens is 518 g/mol. The van der Waals surface area contributed by atoms with Gasteiger partial charge in [-0.3, -0.25) is 34.2 Å². The number of amides is 1. The lowest BCUT2D eigenvalue weighted by atomic mass is 9.52. The Hall–Kier alpha value is -3.93. The molecule has 5 rings (SSSR count). The fourth-order valence-electron chi connectivity index (χ4n) is 6.76. The summed E-state index contributed by atoms with van der Waals surface area (Å²) in [5, 5.41) is 25.3. The number of nitrogens with zero attached hydrogens (tertiary/aromatic N) is 1. The molecule has 0 saturated heterocycles. The third-order valence-electron chi connectivity index (χ3n) is 8.49. The summed E-state index contributed by atoms with van der Waals surface area (Å²) in [6.07, 6.45) is 0.184. The van der Waals surface area contributed by atoms with Crippen molar-refractivity contribution in [1.82, 2.24) is 10.2 Å². The molecule has 2 aromatic carbocycles. The second-order valence-electron chi connectivity index (χ2n) is 10.9. The molecule has 3 aliphatic carbocycles. The Balaban J connectivity index is 1.59. The maximum atomic E-state index is 13.9. The average Bonchev–Trinajstić information content (AvgIpc) is 2.89. The van der Waals surface area contributed by atoms with E-state index in [9.17, 15) is 34.2 Å². The Labute approximate surface area is 230 Å². The minimum absolute atomic E-state index is 0.00418. The predicted molar refractivity (Wildman–Crippen MR) is 141 cm³/mol. The summed E-state index contributed by atoms with van der Waals surface area (Å²) in [6, 6.07) is 9.13. The SMILES string of the molecule is CNCOc1ccc(-c2ccc(O)c3c2C[C@H]2C[C@H]4[C@H](N(C)C)C(=O)C(C(N)=O)C(=O)[C@@]4(O)C(=O)C2C3=O)cc1. The number of carbonyl (C=O) groups is 5. The van der Waals surface area contributed by atoms with E-state index in [4.69, 9.17) is 10.5 Å². The topological polar surface area (TPSA) is 176 Å². The van der Waals surface area contributed by atoms with E-state index in [-0.39, 0.29) is 24.2 Å². The normalized spacial score (nSPS) is 29.6. The van der Waals surface area contributed by atoms with E-state index < -0.39 is 64.4 Å². The number of fused-ring (bicyclic) bond motifs is 3. The summed E-state index contributed by atoms with van der Waals surface area (Å²) in [7, 11) is 4.86. The smallest absolute Gasteiger partial charge is 0.235 e. The molecule has 11 heteroatoms. The fraction of sp³-hybridized carbons (Fsp3) is 0.414. The fourth-order valence-corrected chi connectivity index (χ4v) is 6.76. The van der Waals surface area contributed by atoms with Gasteiger partial charge in [-0.25, -0.2) is 0 Å². The molecule has 0 aromatic heterocycles. The Morgan fingerprint density at radius 3 is 2.38 bits per heavy atom. The molecule has 0 heterocycles. The van der Waals surface area contributed by atoms with E-state index in [1.807, 2.05) is 12.1 Å². The number of nitrogens with two attached hydrogens (primary N) is 1. The van der Waals surface area contributed by atoms with Crippen LogP contribution in [-0.2, 0) is 25.6 Å². The van der Waals surface area contributed by atoms with Crippen molar-refractivity contribution in [2.75, 3.05) is 27.9 Å². The number of hydrogen-bond acceptors (Lipinski definition) is 10. The van der Waals surface area contributed by atoms with Crippen molar-refractivity contribution in [2.24, 2.45) is 29.4 Å². The second-order valence-corrected chi connectivity index (χ2v) is 10.9. The maximum absolute atomic E-state index is 13.9. The lowest BCUT2D eigenvalue weighted by molar-refractivity contribution is -0.181. The number of aromatic hydroxyl groups is 1. The highest BCUT2D eigenvalue weighted by atomic mass is 16.5. The van der Waals surface area contributed by atoms with Crippen molar-refractivity contribution in [1.29, 1.82) is 0 Å². The van der Waals surface area contributed by atoms with Crippen molar-refractivity contribution in [3.8, 4) is 22.6 Å². The largest absolute Gasteiger partial charge is 0.507 e. The van der Waals surface area contributed by atoms with Crippen LogP contribution in [0.4, 0.5) is 0 Å². The number of Topliss-reactive ketones (excluding diaryl/α,β-unsaturated/α-hetero) is 4. The van der Waals surface area contributed by atoms with Crippen LogP contribution in [0.15, 0.2) is 36.4 Å². The quantitative estimate of drug-likeness (QED) is 0.285. The van der Waals surface area contributed by atoms with Crippen LogP contribution in [0.1, 0.15) is 22.3 Å². The van der Waals surface area contributed by atoms with Gasteiger partial charge in [0.05, 0.1) is 17.5 Å². The van der Waals surface area contributed by atoms with Gasteiger partial charge in [-0.15, -0.1) is 0 Å². The number of aliphatic hydroxyl groups is 1. The van der Waals surface area contributed by atoms with Crippen LogP contribution in [-0.4, -0.2) is 83.7 Å². The summed E-state index contributed by atoms with van der Waals surface area (Å²) in [5.74, 6) is -10.0. The van der Waals surface area contributed by atoms with Gasteiger partial charge in [-0.2, -0.15) is 0 Å². The third-order valence-corrected chi connectivity index (χ3v) is 8.49. The number of primary amides is 1. The second kappa shape index (κ2) is 9.92. The first-order chi connectivity index (χ1) is 18.9. The number of benzene rings is 2. The lowest BCUT2D eigenvalue weighted by Crippen LogP contribution is -2.74. The van der Waals surface area contributed by atoms with Crippen LogP contribution in [0.25, 0.3) is 11.1 Å². The van der Waals surface area contributed by atoms with Crippen molar-refractivity contribution in [2.45, 2.75) is 24.5 Å². The Morgan fingerprint density at radius 2 is 1.77 bits per heavy atom. The summed E-state index contributed by atoms with van der Waals surface area (Å²) < 4.78 is 5.55.